The maximum atomic E-state index is 12.2. The number of benzene rings is 1. The highest BCUT2D eigenvalue weighted by Crippen LogP contribution is 2.29. The molecule has 1 saturated carbocycles. The van der Waals surface area contributed by atoms with Gasteiger partial charge in [0, 0.05) is 12.1 Å². The molecule has 1 aromatic carbocycles. The summed E-state index contributed by atoms with van der Waals surface area (Å²) in [5.41, 5.74) is 0.314. The zero-order valence-corrected chi connectivity index (χ0v) is 11.0. The molecule has 0 unspecified atom stereocenters. The topological polar surface area (TPSA) is 38.3 Å². The van der Waals surface area contributed by atoms with E-state index in [1.165, 1.54) is 12.1 Å². The van der Waals surface area contributed by atoms with Gasteiger partial charge < -0.3 is 10.1 Å². The molecule has 0 aliphatic heterocycles. The molecule has 1 fully saturated rings. The molecule has 2 rings (SSSR count). The van der Waals surface area contributed by atoms with E-state index in [0.29, 0.717) is 22.5 Å². The minimum absolute atomic E-state index is 0.0379. The van der Waals surface area contributed by atoms with Gasteiger partial charge in [0.15, 0.2) is 0 Å². The van der Waals surface area contributed by atoms with E-state index in [2.05, 4.69) is 26.0 Å². The van der Waals surface area contributed by atoms with Crippen molar-refractivity contribution in [2.75, 3.05) is 6.54 Å². The first-order valence-electron chi connectivity index (χ1n) is 5.59. The summed E-state index contributed by atoms with van der Waals surface area (Å²) >= 11 is 3.09. The Kier molecular flexibility index (Phi) is 4.16. The summed E-state index contributed by atoms with van der Waals surface area (Å²) in [5, 5.41) is 2.76. The van der Waals surface area contributed by atoms with E-state index in [0.717, 1.165) is 12.8 Å². The number of alkyl halides is 2. The average molecular weight is 320 g/mol. The van der Waals surface area contributed by atoms with Gasteiger partial charge in [0.25, 0.3) is 5.91 Å². The smallest absolute Gasteiger partial charge is 0.387 e. The Morgan fingerprint density at radius 3 is 2.83 bits per heavy atom. The molecule has 1 aliphatic carbocycles. The van der Waals surface area contributed by atoms with Gasteiger partial charge in [-0.15, -0.1) is 0 Å². The molecule has 1 aliphatic rings. The molecule has 0 saturated heterocycles. The van der Waals surface area contributed by atoms with E-state index in [1.54, 1.807) is 6.07 Å². The van der Waals surface area contributed by atoms with E-state index in [4.69, 9.17) is 0 Å². The van der Waals surface area contributed by atoms with Gasteiger partial charge in [-0.3, -0.25) is 4.79 Å². The van der Waals surface area contributed by atoms with Crippen LogP contribution in [0.3, 0.4) is 0 Å². The van der Waals surface area contributed by atoms with Crippen molar-refractivity contribution in [1.29, 1.82) is 0 Å². The molecule has 3 nitrogen and oxygen atoms in total. The molecule has 1 aromatic rings. The number of nitrogens with one attached hydrogen (secondary N) is 1. The second kappa shape index (κ2) is 5.65. The van der Waals surface area contributed by atoms with E-state index in [-0.39, 0.29) is 11.7 Å². The zero-order chi connectivity index (χ0) is 13.1. The predicted molar refractivity (Wildman–Crippen MR) is 65.8 cm³/mol. The summed E-state index contributed by atoms with van der Waals surface area (Å²) < 4.78 is 29.0. The van der Waals surface area contributed by atoms with E-state index in [9.17, 15) is 13.6 Å². The third kappa shape index (κ3) is 3.66. The SMILES string of the molecule is O=C(NCC1CC1)c1ccc(Br)c(OC(F)F)c1. The molecule has 0 atom stereocenters. The van der Waals surface area contributed by atoms with Crippen LogP contribution in [-0.2, 0) is 0 Å². The van der Waals surface area contributed by atoms with Gasteiger partial charge >= 0.3 is 6.61 Å². The summed E-state index contributed by atoms with van der Waals surface area (Å²) in [7, 11) is 0. The molecule has 0 aromatic heterocycles. The highest BCUT2D eigenvalue weighted by Gasteiger charge is 2.22. The third-order valence-corrected chi connectivity index (χ3v) is 3.31. The van der Waals surface area contributed by atoms with Crippen LogP contribution >= 0.6 is 15.9 Å². The fraction of sp³-hybridized carbons (Fsp3) is 0.417. The maximum absolute atomic E-state index is 12.2. The van der Waals surface area contributed by atoms with E-state index in [1.807, 2.05) is 0 Å². The van der Waals surface area contributed by atoms with E-state index < -0.39 is 6.61 Å². The second-order valence-electron chi connectivity index (χ2n) is 4.18. The number of carbonyl (C=O) groups excluding carboxylic acids is 1. The number of ether oxygens (including phenoxy) is 1. The molecule has 1 N–H and O–H groups in total. The molecule has 0 radical (unpaired) electrons. The Morgan fingerprint density at radius 2 is 2.22 bits per heavy atom. The summed E-state index contributed by atoms with van der Waals surface area (Å²) in [6.45, 7) is -2.27. The van der Waals surface area contributed by atoms with Gasteiger partial charge in [-0.25, -0.2) is 0 Å². The molecule has 0 heterocycles. The van der Waals surface area contributed by atoms with Crippen molar-refractivity contribution < 1.29 is 18.3 Å². The van der Waals surface area contributed by atoms with Crippen molar-refractivity contribution >= 4 is 21.8 Å². The number of rotatable bonds is 5. The van der Waals surface area contributed by atoms with Gasteiger partial charge in [-0.1, -0.05) is 0 Å². The number of hydrogen-bond donors (Lipinski definition) is 1. The highest BCUT2D eigenvalue weighted by atomic mass is 79.9. The Morgan fingerprint density at radius 1 is 1.50 bits per heavy atom. The van der Waals surface area contributed by atoms with Crippen molar-refractivity contribution in [3.05, 3.63) is 28.2 Å². The van der Waals surface area contributed by atoms with Crippen molar-refractivity contribution in [2.45, 2.75) is 19.5 Å². The van der Waals surface area contributed by atoms with Crippen LogP contribution in [0.15, 0.2) is 22.7 Å². The van der Waals surface area contributed by atoms with E-state index >= 15 is 0 Å². The quantitative estimate of drug-likeness (QED) is 0.905. The Labute approximate surface area is 112 Å². The first-order valence-corrected chi connectivity index (χ1v) is 6.38. The largest absolute Gasteiger partial charge is 0.434 e. The lowest BCUT2D eigenvalue weighted by atomic mass is 10.2. The van der Waals surface area contributed by atoms with Crippen molar-refractivity contribution in [3.8, 4) is 5.75 Å². The fourth-order valence-electron chi connectivity index (χ4n) is 1.49. The number of carbonyl (C=O) groups is 1. The molecule has 0 spiro atoms. The van der Waals surface area contributed by atoms with Crippen LogP contribution in [0.4, 0.5) is 8.78 Å². The Bertz CT molecular complexity index is 450. The normalized spacial score (nSPS) is 14.7. The van der Waals surface area contributed by atoms with Crippen molar-refractivity contribution in [1.82, 2.24) is 5.32 Å². The van der Waals surface area contributed by atoms with Gasteiger partial charge in [0.2, 0.25) is 0 Å². The maximum Gasteiger partial charge on any atom is 0.387 e. The molecular weight excluding hydrogens is 308 g/mol. The lowest BCUT2D eigenvalue weighted by Gasteiger charge is -2.09. The zero-order valence-electron chi connectivity index (χ0n) is 9.46. The molecule has 18 heavy (non-hydrogen) atoms. The van der Waals surface area contributed by atoms with Gasteiger partial charge in [-0.2, -0.15) is 8.78 Å². The van der Waals surface area contributed by atoms with Crippen LogP contribution in [0.2, 0.25) is 0 Å². The highest BCUT2D eigenvalue weighted by molar-refractivity contribution is 9.10. The monoisotopic (exact) mass is 319 g/mol. The number of halogens is 3. The summed E-state index contributed by atoms with van der Waals surface area (Å²) in [4.78, 5) is 11.8. The first kappa shape index (κ1) is 13.3. The van der Waals surface area contributed by atoms with Crippen LogP contribution < -0.4 is 10.1 Å². The first-order chi connectivity index (χ1) is 8.56. The van der Waals surface area contributed by atoms with Gasteiger partial charge in [0.05, 0.1) is 4.47 Å². The second-order valence-corrected chi connectivity index (χ2v) is 5.03. The summed E-state index contributed by atoms with van der Waals surface area (Å²) in [5.74, 6) is 0.263. The summed E-state index contributed by atoms with van der Waals surface area (Å²) in [6.07, 6.45) is 2.28. The van der Waals surface area contributed by atoms with Crippen LogP contribution in [0.25, 0.3) is 0 Å². The Hall–Kier alpha value is -1.17. The lowest BCUT2D eigenvalue weighted by Crippen LogP contribution is -2.25. The minimum Gasteiger partial charge on any atom is -0.434 e. The third-order valence-electron chi connectivity index (χ3n) is 2.66. The minimum atomic E-state index is -2.91. The van der Waals surface area contributed by atoms with Crippen molar-refractivity contribution in [3.63, 3.8) is 0 Å². The van der Waals surface area contributed by atoms with Crippen LogP contribution in [0, 0.1) is 5.92 Å². The molecule has 6 heteroatoms. The molecule has 1 amide bonds. The lowest BCUT2D eigenvalue weighted by molar-refractivity contribution is -0.0504. The molecule has 0 bridgehead atoms. The summed E-state index contributed by atoms with van der Waals surface area (Å²) in [6, 6.07) is 4.38. The van der Waals surface area contributed by atoms with Crippen LogP contribution in [0.5, 0.6) is 5.75 Å². The van der Waals surface area contributed by atoms with Gasteiger partial charge in [0.1, 0.15) is 5.75 Å². The van der Waals surface area contributed by atoms with Crippen LogP contribution in [-0.4, -0.2) is 19.1 Å². The number of amides is 1. The average Bonchev–Trinajstić information content (AvgIpc) is 3.12. The standard InChI is InChI=1S/C12H12BrF2NO2/c13-9-4-3-8(5-10(9)18-12(14)15)11(17)16-6-7-1-2-7/h3-5,7,12H,1-2,6H2,(H,16,17). The van der Waals surface area contributed by atoms with Crippen molar-refractivity contribution in [2.24, 2.45) is 5.92 Å². The molecular formula is C12H12BrF2NO2. The predicted octanol–water partition coefficient (Wildman–Crippen LogP) is 3.19. The van der Waals surface area contributed by atoms with Gasteiger partial charge in [-0.05, 0) is 52.9 Å². The van der Waals surface area contributed by atoms with Crippen LogP contribution in [0.1, 0.15) is 23.2 Å². The fourth-order valence-corrected chi connectivity index (χ4v) is 1.83. The Balaban J connectivity index is 2.04. The molecule has 98 valence electrons. The number of hydrogen-bond acceptors (Lipinski definition) is 2.